The molecule has 1 heterocycles. The van der Waals surface area contributed by atoms with Crippen LogP contribution in [0.3, 0.4) is 0 Å². The summed E-state index contributed by atoms with van der Waals surface area (Å²) in [6.07, 6.45) is 0.917. The first-order valence-corrected chi connectivity index (χ1v) is 4.45. The molecular weight excluding hydrogens is 166 g/mol. The molecule has 1 N–H and O–H groups in total. The first-order valence-electron chi connectivity index (χ1n) is 4.45. The van der Waals surface area contributed by atoms with Gasteiger partial charge in [0.1, 0.15) is 0 Å². The standard InChI is InChI=1S/C10H15NO2/c1-4-5-9(12)11-10(3)6-7-13-8(10)2/h8H,6-7H2,1-3H3,(H,11,12). The molecule has 1 aliphatic heterocycles. The van der Waals surface area contributed by atoms with Crippen LogP contribution >= 0.6 is 0 Å². The maximum Gasteiger partial charge on any atom is 0.296 e. The highest BCUT2D eigenvalue weighted by Gasteiger charge is 2.37. The summed E-state index contributed by atoms with van der Waals surface area (Å²) in [5, 5.41) is 2.87. The lowest BCUT2D eigenvalue weighted by Crippen LogP contribution is -2.50. The van der Waals surface area contributed by atoms with Gasteiger partial charge in [-0.25, -0.2) is 0 Å². The van der Waals surface area contributed by atoms with E-state index in [4.69, 9.17) is 4.74 Å². The van der Waals surface area contributed by atoms with E-state index in [1.54, 1.807) is 6.92 Å². The minimum atomic E-state index is -0.249. The van der Waals surface area contributed by atoms with E-state index in [-0.39, 0.29) is 17.6 Å². The Morgan fingerprint density at radius 3 is 2.85 bits per heavy atom. The molecule has 0 aromatic heterocycles. The van der Waals surface area contributed by atoms with Crippen LogP contribution in [0.15, 0.2) is 0 Å². The molecule has 0 aliphatic carbocycles. The third-order valence-corrected chi connectivity index (χ3v) is 2.52. The molecule has 0 saturated carbocycles. The zero-order chi connectivity index (χ0) is 9.90. The number of carbonyl (C=O) groups is 1. The predicted octanol–water partition coefficient (Wildman–Crippen LogP) is 0.693. The minimum Gasteiger partial charge on any atom is -0.376 e. The van der Waals surface area contributed by atoms with Crippen LogP contribution in [0.25, 0.3) is 0 Å². The van der Waals surface area contributed by atoms with Crippen LogP contribution in [0.2, 0.25) is 0 Å². The molecule has 0 radical (unpaired) electrons. The molecule has 3 nitrogen and oxygen atoms in total. The van der Waals surface area contributed by atoms with Gasteiger partial charge in [0.25, 0.3) is 5.91 Å². The van der Waals surface area contributed by atoms with Crippen LogP contribution in [0, 0.1) is 11.8 Å². The highest BCUT2D eigenvalue weighted by molar-refractivity contribution is 5.93. The second kappa shape index (κ2) is 3.80. The van der Waals surface area contributed by atoms with Gasteiger partial charge in [0, 0.05) is 6.61 Å². The number of ether oxygens (including phenoxy) is 1. The highest BCUT2D eigenvalue weighted by Crippen LogP contribution is 2.24. The predicted molar refractivity (Wildman–Crippen MR) is 50.0 cm³/mol. The summed E-state index contributed by atoms with van der Waals surface area (Å²) in [4.78, 5) is 11.2. The monoisotopic (exact) mass is 181 g/mol. The van der Waals surface area contributed by atoms with Gasteiger partial charge in [-0.1, -0.05) is 5.92 Å². The van der Waals surface area contributed by atoms with Crippen molar-refractivity contribution in [2.75, 3.05) is 6.61 Å². The first kappa shape index (κ1) is 10.1. The molecule has 1 amide bonds. The van der Waals surface area contributed by atoms with Crippen molar-refractivity contribution in [2.45, 2.75) is 38.8 Å². The Kier molecular flexibility index (Phi) is 2.94. The smallest absolute Gasteiger partial charge is 0.296 e. The van der Waals surface area contributed by atoms with Gasteiger partial charge in [-0.2, -0.15) is 0 Å². The average Bonchev–Trinajstić information content (AvgIpc) is 2.32. The van der Waals surface area contributed by atoms with E-state index in [1.165, 1.54) is 0 Å². The summed E-state index contributed by atoms with van der Waals surface area (Å²) in [5.41, 5.74) is -0.249. The number of carbonyl (C=O) groups excluding carboxylic acids is 1. The molecule has 0 aromatic carbocycles. The molecule has 2 atom stereocenters. The van der Waals surface area contributed by atoms with Gasteiger partial charge >= 0.3 is 0 Å². The Labute approximate surface area is 78.8 Å². The Morgan fingerprint density at radius 1 is 1.69 bits per heavy atom. The Bertz CT molecular complexity index is 264. The van der Waals surface area contributed by atoms with Crippen LogP contribution in [0.4, 0.5) is 0 Å². The summed E-state index contributed by atoms with van der Waals surface area (Å²) in [6, 6.07) is 0. The summed E-state index contributed by atoms with van der Waals surface area (Å²) in [6.45, 7) is 6.31. The maximum absolute atomic E-state index is 11.2. The number of hydrogen-bond donors (Lipinski definition) is 1. The van der Waals surface area contributed by atoms with E-state index in [1.807, 2.05) is 13.8 Å². The lowest BCUT2D eigenvalue weighted by Gasteiger charge is -2.27. The zero-order valence-electron chi connectivity index (χ0n) is 8.31. The molecule has 0 aromatic rings. The fourth-order valence-electron chi connectivity index (χ4n) is 1.40. The minimum absolute atomic E-state index is 0.0649. The van der Waals surface area contributed by atoms with E-state index >= 15 is 0 Å². The maximum atomic E-state index is 11.2. The third-order valence-electron chi connectivity index (χ3n) is 2.52. The molecule has 1 saturated heterocycles. The van der Waals surface area contributed by atoms with Gasteiger partial charge < -0.3 is 10.1 Å². The molecule has 2 unspecified atom stereocenters. The molecule has 1 fully saturated rings. The molecule has 1 aliphatic rings. The number of hydrogen-bond acceptors (Lipinski definition) is 2. The van der Waals surface area contributed by atoms with Crippen molar-refractivity contribution in [2.24, 2.45) is 0 Å². The SMILES string of the molecule is CC#CC(=O)NC1(C)CCOC1C. The molecule has 0 bridgehead atoms. The Balaban J connectivity index is 2.59. The van der Waals surface area contributed by atoms with Crippen molar-refractivity contribution in [3.05, 3.63) is 0 Å². The lowest BCUT2D eigenvalue weighted by molar-refractivity contribution is -0.117. The molecular formula is C10H15NO2. The summed E-state index contributed by atoms with van der Waals surface area (Å²) in [7, 11) is 0. The molecule has 3 heteroatoms. The van der Waals surface area contributed by atoms with E-state index in [9.17, 15) is 4.79 Å². The first-order chi connectivity index (χ1) is 6.08. The van der Waals surface area contributed by atoms with Crippen molar-refractivity contribution in [3.63, 3.8) is 0 Å². The number of nitrogens with one attached hydrogen (secondary N) is 1. The second-order valence-electron chi connectivity index (χ2n) is 3.51. The quantitative estimate of drug-likeness (QED) is 0.604. The van der Waals surface area contributed by atoms with Gasteiger partial charge in [0.15, 0.2) is 0 Å². The number of rotatable bonds is 1. The summed E-state index contributed by atoms with van der Waals surface area (Å²) >= 11 is 0. The fourth-order valence-corrected chi connectivity index (χ4v) is 1.40. The van der Waals surface area contributed by atoms with Crippen molar-refractivity contribution in [1.82, 2.24) is 5.32 Å². The zero-order valence-corrected chi connectivity index (χ0v) is 8.31. The van der Waals surface area contributed by atoms with Crippen LogP contribution in [0.1, 0.15) is 27.2 Å². The third kappa shape index (κ3) is 2.22. The fraction of sp³-hybridized carbons (Fsp3) is 0.700. The van der Waals surface area contributed by atoms with Gasteiger partial charge in [0.2, 0.25) is 0 Å². The van der Waals surface area contributed by atoms with Gasteiger partial charge in [-0.3, -0.25) is 4.79 Å². The Hall–Kier alpha value is -1.01. The lowest BCUT2D eigenvalue weighted by atomic mass is 9.95. The highest BCUT2D eigenvalue weighted by atomic mass is 16.5. The van der Waals surface area contributed by atoms with Crippen molar-refractivity contribution in [3.8, 4) is 11.8 Å². The van der Waals surface area contributed by atoms with E-state index < -0.39 is 0 Å². The van der Waals surface area contributed by atoms with Crippen LogP contribution in [-0.4, -0.2) is 24.2 Å². The molecule has 0 spiro atoms. The topological polar surface area (TPSA) is 38.3 Å². The summed E-state index contributed by atoms with van der Waals surface area (Å²) in [5.74, 6) is 4.81. The second-order valence-corrected chi connectivity index (χ2v) is 3.51. The number of amides is 1. The van der Waals surface area contributed by atoms with Gasteiger partial charge in [0.05, 0.1) is 11.6 Å². The van der Waals surface area contributed by atoms with Crippen LogP contribution in [0.5, 0.6) is 0 Å². The largest absolute Gasteiger partial charge is 0.376 e. The van der Waals surface area contributed by atoms with Crippen molar-refractivity contribution in [1.29, 1.82) is 0 Å². The summed E-state index contributed by atoms with van der Waals surface area (Å²) < 4.78 is 5.38. The van der Waals surface area contributed by atoms with Crippen LogP contribution < -0.4 is 5.32 Å². The van der Waals surface area contributed by atoms with E-state index in [0.717, 1.165) is 6.42 Å². The van der Waals surface area contributed by atoms with Crippen LogP contribution in [-0.2, 0) is 9.53 Å². The van der Waals surface area contributed by atoms with Gasteiger partial charge in [-0.15, -0.1) is 0 Å². The Morgan fingerprint density at radius 2 is 2.38 bits per heavy atom. The van der Waals surface area contributed by atoms with Gasteiger partial charge in [-0.05, 0) is 33.1 Å². The van der Waals surface area contributed by atoms with E-state index in [0.29, 0.717) is 6.61 Å². The van der Waals surface area contributed by atoms with Crippen molar-refractivity contribution >= 4 is 5.91 Å². The van der Waals surface area contributed by atoms with Crippen molar-refractivity contribution < 1.29 is 9.53 Å². The van der Waals surface area contributed by atoms with E-state index in [2.05, 4.69) is 17.2 Å². The molecule has 72 valence electrons. The molecule has 1 rings (SSSR count). The normalized spacial score (nSPS) is 32.1. The molecule has 13 heavy (non-hydrogen) atoms. The average molecular weight is 181 g/mol.